The Balaban J connectivity index is 3.42. The average molecular weight is 214 g/mol. The van der Waals surface area contributed by atoms with Crippen LogP contribution < -0.4 is 4.74 Å². The molecular formula is C8H7FN2O4. The number of nitro groups is 1. The van der Waals surface area contributed by atoms with Crippen LogP contribution in [0.1, 0.15) is 5.56 Å². The van der Waals surface area contributed by atoms with Crippen molar-refractivity contribution in [3.8, 4) is 5.75 Å². The fourth-order valence-electron chi connectivity index (χ4n) is 1.06. The van der Waals surface area contributed by atoms with Gasteiger partial charge in [0.25, 0.3) is 0 Å². The van der Waals surface area contributed by atoms with Gasteiger partial charge >= 0.3 is 5.69 Å². The summed E-state index contributed by atoms with van der Waals surface area (Å²) in [7, 11) is 1.27. The maximum absolute atomic E-state index is 13.4. The Labute approximate surface area is 83.7 Å². The highest BCUT2D eigenvalue weighted by molar-refractivity contribution is 5.84. The molecule has 0 fully saturated rings. The fourth-order valence-corrected chi connectivity index (χ4v) is 1.06. The maximum atomic E-state index is 13.4. The molecule has 0 heterocycles. The summed E-state index contributed by atoms with van der Waals surface area (Å²) in [5, 5.41) is 21.3. The maximum Gasteiger partial charge on any atom is 0.305 e. The van der Waals surface area contributed by atoms with Crippen molar-refractivity contribution in [2.75, 3.05) is 7.11 Å². The van der Waals surface area contributed by atoms with Crippen LogP contribution in [-0.2, 0) is 0 Å². The SMILES string of the molecule is COc1ccc([N+](=O)[O-])c(F)c1/C=N/O. The van der Waals surface area contributed by atoms with Gasteiger partial charge < -0.3 is 9.94 Å². The van der Waals surface area contributed by atoms with E-state index in [-0.39, 0.29) is 11.3 Å². The standard InChI is InChI=1S/C8H7FN2O4/c1-15-7-3-2-6(11(13)14)8(9)5(7)4-10-12/h2-4,12H,1H3/b10-4+. The summed E-state index contributed by atoms with van der Waals surface area (Å²) in [5.74, 6) is -1.05. The third kappa shape index (κ3) is 2.01. The van der Waals surface area contributed by atoms with Crippen molar-refractivity contribution in [2.45, 2.75) is 0 Å². The number of methoxy groups -OCH3 is 1. The molecule has 0 saturated heterocycles. The van der Waals surface area contributed by atoms with Gasteiger partial charge in [-0.1, -0.05) is 5.16 Å². The average Bonchev–Trinajstić information content (AvgIpc) is 2.20. The van der Waals surface area contributed by atoms with Gasteiger partial charge in [-0.15, -0.1) is 0 Å². The number of hydrogen-bond donors (Lipinski definition) is 1. The first-order valence-corrected chi connectivity index (χ1v) is 3.80. The van der Waals surface area contributed by atoms with E-state index in [0.717, 1.165) is 12.3 Å². The number of hydrogen-bond acceptors (Lipinski definition) is 5. The highest BCUT2D eigenvalue weighted by Gasteiger charge is 2.20. The van der Waals surface area contributed by atoms with Crippen LogP contribution in [0.4, 0.5) is 10.1 Å². The van der Waals surface area contributed by atoms with Gasteiger partial charge in [0.15, 0.2) is 0 Å². The molecule has 15 heavy (non-hydrogen) atoms. The van der Waals surface area contributed by atoms with Gasteiger partial charge in [0.05, 0.1) is 23.8 Å². The van der Waals surface area contributed by atoms with E-state index >= 15 is 0 Å². The van der Waals surface area contributed by atoms with E-state index in [2.05, 4.69) is 5.16 Å². The Morgan fingerprint density at radius 1 is 1.67 bits per heavy atom. The van der Waals surface area contributed by atoms with Crippen LogP contribution in [0, 0.1) is 15.9 Å². The van der Waals surface area contributed by atoms with Crippen molar-refractivity contribution in [3.05, 3.63) is 33.6 Å². The zero-order valence-corrected chi connectivity index (χ0v) is 7.68. The van der Waals surface area contributed by atoms with Crippen molar-refractivity contribution in [1.82, 2.24) is 0 Å². The lowest BCUT2D eigenvalue weighted by atomic mass is 10.2. The van der Waals surface area contributed by atoms with Crippen molar-refractivity contribution in [3.63, 3.8) is 0 Å². The Bertz CT molecular complexity index is 419. The first-order chi connectivity index (χ1) is 7.11. The molecule has 0 radical (unpaired) electrons. The number of halogens is 1. The lowest BCUT2D eigenvalue weighted by molar-refractivity contribution is -0.387. The zero-order chi connectivity index (χ0) is 11.4. The van der Waals surface area contributed by atoms with Crippen LogP contribution in [0.2, 0.25) is 0 Å². The number of nitrogens with zero attached hydrogens (tertiary/aromatic N) is 2. The van der Waals surface area contributed by atoms with E-state index in [4.69, 9.17) is 9.94 Å². The molecule has 0 unspecified atom stereocenters. The largest absolute Gasteiger partial charge is 0.496 e. The molecule has 0 aliphatic rings. The third-order valence-electron chi connectivity index (χ3n) is 1.72. The van der Waals surface area contributed by atoms with E-state index in [1.54, 1.807) is 0 Å². The molecule has 6 nitrogen and oxygen atoms in total. The number of rotatable bonds is 3. The summed E-state index contributed by atoms with van der Waals surface area (Å²) in [6, 6.07) is 2.20. The van der Waals surface area contributed by atoms with Crippen molar-refractivity contribution < 1.29 is 19.3 Å². The number of oxime groups is 1. The van der Waals surface area contributed by atoms with E-state index in [9.17, 15) is 14.5 Å². The van der Waals surface area contributed by atoms with Gasteiger partial charge in [-0.2, -0.15) is 4.39 Å². The quantitative estimate of drug-likeness (QED) is 0.358. The third-order valence-corrected chi connectivity index (χ3v) is 1.72. The highest BCUT2D eigenvalue weighted by atomic mass is 19.1. The molecule has 0 aliphatic carbocycles. The van der Waals surface area contributed by atoms with E-state index in [1.807, 2.05) is 0 Å². The Morgan fingerprint density at radius 2 is 2.33 bits per heavy atom. The summed E-state index contributed by atoms with van der Waals surface area (Å²) in [5.41, 5.74) is -0.972. The van der Waals surface area contributed by atoms with Gasteiger partial charge in [-0.25, -0.2) is 0 Å². The van der Waals surface area contributed by atoms with E-state index in [1.165, 1.54) is 13.2 Å². The highest BCUT2D eigenvalue weighted by Crippen LogP contribution is 2.27. The Kier molecular flexibility index (Phi) is 3.17. The van der Waals surface area contributed by atoms with Gasteiger partial charge in [0.2, 0.25) is 5.82 Å². The molecule has 1 aromatic rings. The second kappa shape index (κ2) is 4.36. The molecule has 7 heteroatoms. The van der Waals surface area contributed by atoms with Crippen LogP contribution in [0.5, 0.6) is 5.75 Å². The molecule has 0 aromatic heterocycles. The molecular weight excluding hydrogens is 207 g/mol. The summed E-state index contributed by atoms with van der Waals surface area (Å²) in [4.78, 5) is 9.52. The smallest absolute Gasteiger partial charge is 0.305 e. The van der Waals surface area contributed by atoms with Crippen LogP contribution in [0.25, 0.3) is 0 Å². The van der Waals surface area contributed by atoms with Crippen molar-refractivity contribution in [2.24, 2.45) is 5.16 Å². The van der Waals surface area contributed by atoms with Crippen LogP contribution >= 0.6 is 0 Å². The molecule has 0 spiro atoms. The number of benzene rings is 1. The number of ether oxygens (including phenoxy) is 1. The molecule has 0 amide bonds. The topological polar surface area (TPSA) is 85.0 Å². The predicted octanol–water partition coefficient (Wildman–Crippen LogP) is 1.55. The summed E-state index contributed by atoms with van der Waals surface area (Å²) >= 11 is 0. The number of nitro benzene ring substituents is 1. The Hall–Kier alpha value is -2.18. The molecule has 80 valence electrons. The van der Waals surface area contributed by atoms with E-state index in [0.29, 0.717) is 0 Å². The van der Waals surface area contributed by atoms with Gasteiger partial charge in [-0.3, -0.25) is 10.1 Å². The first-order valence-electron chi connectivity index (χ1n) is 3.80. The van der Waals surface area contributed by atoms with Gasteiger partial charge in [0.1, 0.15) is 5.75 Å². The fraction of sp³-hybridized carbons (Fsp3) is 0.125. The summed E-state index contributed by atoms with van der Waals surface area (Å²) in [6.07, 6.45) is 0.737. The molecule has 1 rings (SSSR count). The summed E-state index contributed by atoms with van der Waals surface area (Å²) < 4.78 is 18.2. The molecule has 0 saturated carbocycles. The van der Waals surface area contributed by atoms with Gasteiger partial charge in [-0.05, 0) is 6.07 Å². The van der Waals surface area contributed by atoms with E-state index < -0.39 is 16.4 Å². The van der Waals surface area contributed by atoms with Crippen molar-refractivity contribution >= 4 is 11.9 Å². The molecule has 0 bridgehead atoms. The van der Waals surface area contributed by atoms with Crippen LogP contribution in [0.15, 0.2) is 17.3 Å². The lowest BCUT2D eigenvalue weighted by Gasteiger charge is -2.04. The van der Waals surface area contributed by atoms with Gasteiger partial charge in [0, 0.05) is 6.07 Å². The Morgan fingerprint density at radius 3 is 2.80 bits per heavy atom. The minimum Gasteiger partial charge on any atom is -0.496 e. The summed E-state index contributed by atoms with van der Waals surface area (Å²) in [6.45, 7) is 0. The zero-order valence-electron chi connectivity index (χ0n) is 7.68. The minimum absolute atomic E-state index is 0.0518. The molecule has 0 aliphatic heterocycles. The monoisotopic (exact) mass is 214 g/mol. The molecule has 1 aromatic carbocycles. The normalized spacial score (nSPS) is 10.5. The van der Waals surface area contributed by atoms with Crippen LogP contribution in [-0.4, -0.2) is 23.5 Å². The predicted molar refractivity (Wildman–Crippen MR) is 49.0 cm³/mol. The minimum atomic E-state index is -1.10. The second-order valence-electron chi connectivity index (χ2n) is 2.52. The second-order valence-corrected chi connectivity index (χ2v) is 2.52. The van der Waals surface area contributed by atoms with Crippen LogP contribution in [0.3, 0.4) is 0 Å². The van der Waals surface area contributed by atoms with Crippen molar-refractivity contribution in [1.29, 1.82) is 0 Å². The molecule has 1 N–H and O–H groups in total. The lowest BCUT2D eigenvalue weighted by Crippen LogP contribution is -2.00. The molecule has 0 atom stereocenters. The first kappa shape index (κ1) is 10.9.